The lowest BCUT2D eigenvalue weighted by Crippen LogP contribution is -2.33. The minimum absolute atomic E-state index is 0.354. The largest absolute Gasteiger partial charge is 0.343 e. The molecule has 0 bridgehead atoms. The lowest BCUT2D eigenvalue weighted by atomic mass is 10.4. The van der Waals surface area contributed by atoms with E-state index in [0.717, 1.165) is 0 Å². The third kappa shape index (κ3) is 4.40. The first-order valence-electron chi connectivity index (χ1n) is 8.81. The Kier molecular flexibility index (Phi) is 6.94. The van der Waals surface area contributed by atoms with Gasteiger partial charge in [-0.2, -0.15) is 0 Å². The van der Waals surface area contributed by atoms with Crippen LogP contribution in [-0.2, 0) is 4.52 Å². The molecule has 0 heterocycles. The molecule has 0 N–H and O–H groups in total. The number of hydrogen-bond donors (Lipinski definition) is 0. The van der Waals surface area contributed by atoms with Crippen molar-refractivity contribution in [2.24, 2.45) is 0 Å². The van der Waals surface area contributed by atoms with Crippen LogP contribution in [0.15, 0.2) is 91.0 Å². The molecule has 0 aromatic heterocycles. The molecule has 0 aliphatic rings. The Morgan fingerprint density at radius 3 is 1.38 bits per heavy atom. The first kappa shape index (κ1) is 19.2. The highest BCUT2D eigenvalue weighted by Crippen LogP contribution is 2.56. The van der Waals surface area contributed by atoms with Crippen LogP contribution < -0.4 is 15.9 Å². The molecule has 134 valence electrons. The minimum atomic E-state index is -0.881. The van der Waals surface area contributed by atoms with Crippen molar-refractivity contribution in [1.29, 1.82) is 0 Å². The van der Waals surface area contributed by atoms with E-state index in [1.807, 2.05) is 7.11 Å². The average molecular weight is 381 g/mol. The number of rotatable bonds is 7. The van der Waals surface area contributed by atoms with Gasteiger partial charge in [0, 0.05) is 26.5 Å². The Morgan fingerprint density at radius 1 is 0.654 bits per heavy atom. The van der Waals surface area contributed by atoms with Crippen molar-refractivity contribution < 1.29 is 4.52 Å². The van der Waals surface area contributed by atoms with Crippen molar-refractivity contribution in [3.63, 3.8) is 0 Å². The predicted molar refractivity (Wildman–Crippen MR) is 116 cm³/mol. The lowest BCUT2D eigenvalue weighted by Gasteiger charge is -2.39. The van der Waals surface area contributed by atoms with Crippen molar-refractivity contribution in [2.45, 2.75) is 19.9 Å². The van der Waals surface area contributed by atoms with Gasteiger partial charge in [0.25, 0.3) is 0 Å². The van der Waals surface area contributed by atoms with E-state index in [-0.39, 0.29) is 0 Å². The van der Waals surface area contributed by atoms with Crippen LogP contribution in [0.4, 0.5) is 0 Å². The van der Waals surface area contributed by atoms with Crippen molar-refractivity contribution >= 4 is 32.3 Å². The molecule has 0 radical (unpaired) electrons. The average Bonchev–Trinajstić information content (AvgIpc) is 2.70. The molecule has 1 atom stereocenters. The summed E-state index contributed by atoms with van der Waals surface area (Å²) in [5.41, 5.74) is 0. The number of nitrogens with zero attached hydrogens (tertiary/aromatic N) is 1. The summed E-state index contributed by atoms with van der Waals surface area (Å²) in [5, 5.41) is 3.95. The van der Waals surface area contributed by atoms with Gasteiger partial charge in [0.1, 0.15) is 8.30 Å². The first-order chi connectivity index (χ1) is 12.7. The van der Waals surface area contributed by atoms with Crippen molar-refractivity contribution in [2.75, 3.05) is 7.11 Å². The molecule has 3 rings (SSSR count). The number of hydrogen-bond acceptors (Lipinski definition) is 2. The summed E-state index contributed by atoms with van der Waals surface area (Å²) in [6.07, 6.45) is 0. The molecule has 0 amide bonds. The van der Waals surface area contributed by atoms with Crippen molar-refractivity contribution in [3.05, 3.63) is 91.0 Å². The van der Waals surface area contributed by atoms with Gasteiger partial charge in [-0.3, -0.25) is 0 Å². The Balaban J connectivity index is 2.12. The summed E-state index contributed by atoms with van der Waals surface area (Å²) in [4.78, 5) is 0. The Morgan fingerprint density at radius 2 is 1.04 bits per heavy atom. The first-order valence-corrected chi connectivity index (χ1v) is 11.3. The molecule has 0 aliphatic heterocycles. The van der Waals surface area contributed by atoms with Gasteiger partial charge >= 0.3 is 0 Å². The minimum Gasteiger partial charge on any atom is -0.343 e. The molecule has 1 unspecified atom stereocenters. The molecule has 0 saturated carbocycles. The van der Waals surface area contributed by atoms with Gasteiger partial charge in [-0.1, -0.05) is 91.0 Å². The Bertz CT molecular complexity index is 742. The lowest BCUT2D eigenvalue weighted by molar-refractivity contribution is 0.420. The zero-order chi connectivity index (χ0) is 18.4. The van der Waals surface area contributed by atoms with E-state index in [4.69, 9.17) is 4.52 Å². The third-order valence-corrected chi connectivity index (χ3v) is 9.39. The smallest absolute Gasteiger partial charge is 0.141 e. The van der Waals surface area contributed by atoms with Gasteiger partial charge in [0.05, 0.1) is 0 Å². The Hall–Kier alpha value is -1.56. The summed E-state index contributed by atoms with van der Waals surface area (Å²) in [5.74, 6) is 0. The maximum absolute atomic E-state index is 6.09. The monoisotopic (exact) mass is 381 g/mol. The second kappa shape index (κ2) is 9.40. The van der Waals surface area contributed by atoms with E-state index in [2.05, 4.69) is 109 Å². The zero-order valence-electron chi connectivity index (χ0n) is 15.5. The van der Waals surface area contributed by atoms with E-state index in [9.17, 15) is 0 Å². The topological polar surface area (TPSA) is 12.5 Å². The highest BCUT2D eigenvalue weighted by molar-refractivity contribution is 7.80. The molecule has 2 nitrogen and oxygen atoms in total. The van der Waals surface area contributed by atoms with Gasteiger partial charge in [-0.05, 0) is 24.5 Å². The van der Waals surface area contributed by atoms with Crippen molar-refractivity contribution in [1.82, 2.24) is 4.44 Å². The van der Waals surface area contributed by atoms with E-state index in [1.165, 1.54) is 15.9 Å². The number of benzene rings is 3. The molecule has 0 fully saturated rings. The molecule has 0 aliphatic carbocycles. The zero-order valence-corrected chi connectivity index (χ0v) is 17.3. The normalized spacial score (nSPS) is 12.7. The molecule has 26 heavy (non-hydrogen) atoms. The van der Waals surface area contributed by atoms with Crippen LogP contribution in [0.25, 0.3) is 0 Å². The molecule has 0 spiro atoms. The van der Waals surface area contributed by atoms with E-state index >= 15 is 0 Å². The van der Waals surface area contributed by atoms with Crippen LogP contribution >= 0.6 is 16.4 Å². The van der Waals surface area contributed by atoms with Crippen LogP contribution in [0.5, 0.6) is 0 Å². The summed E-state index contributed by atoms with van der Waals surface area (Å²) in [6, 6.07) is 32.6. The summed E-state index contributed by atoms with van der Waals surface area (Å²) >= 11 is 0. The summed E-state index contributed by atoms with van der Waals surface area (Å²) < 4.78 is 8.66. The molecule has 3 aromatic rings. The van der Waals surface area contributed by atoms with Gasteiger partial charge in [-0.15, -0.1) is 0 Å². The van der Waals surface area contributed by atoms with E-state index < -0.39 is 16.4 Å². The standard InChI is InChI=1S/C22H25NOP2/c1-19(2)23(26(24-3)22-17-11-6-12-18-22)25(20-13-7-4-8-14-20)21-15-9-5-10-16-21/h4-19H,1-3H3. The molecule has 0 saturated heterocycles. The molecule has 4 heteroatoms. The summed E-state index contributed by atoms with van der Waals surface area (Å²) in [7, 11) is 0.265. The van der Waals surface area contributed by atoms with Crippen molar-refractivity contribution in [3.8, 4) is 0 Å². The highest BCUT2D eigenvalue weighted by atomic mass is 31.2. The van der Waals surface area contributed by atoms with E-state index in [1.54, 1.807) is 0 Å². The van der Waals surface area contributed by atoms with Crippen LogP contribution in [0, 0.1) is 0 Å². The quantitative estimate of drug-likeness (QED) is 0.533. The van der Waals surface area contributed by atoms with Crippen LogP contribution in [0.3, 0.4) is 0 Å². The maximum Gasteiger partial charge on any atom is 0.141 e. The van der Waals surface area contributed by atoms with Gasteiger partial charge in [-0.25, -0.2) is 4.44 Å². The van der Waals surface area contributed by atoms with Gasteiger partial charge < -0.3 is 4.52 Å². The molecular weight excluding hydrogens is 356 g/mol. The second-order valence-electron chi connectivity index (χ2n) is 6.19. The predicted octanol–water partition coefficient (Wildman–Crippen LogP) is 5.03. The maximum atomic E-state index is 6.09. The van der Waals surface area contributed by atoms with Crippen LogP contribution in [0.2, 0.25) is 0 Å². The molecule has 3 aromatic carbocycles. The summed E-state index contributed by atoms with van der Waals surface area (Å²) in [6.45, 7) is 4.52. The van der Waals surface area contributed by atoms with Gasteiger partial charge in [0.15, 0.2) is 0 Å². The fourth-order valence-electron chi connectivity index (χ4n) is 2.91. The fourth-order valence-corrected chi connectivity index (χ4v) is 8.31. The highest BCUT2D eigenvalue weighted by Gasteiger charge is 2.32. The van der Waals surface area contributed by atoms with Crippen LogP contribution in [-0.4, -0.2) is 17.6 Å². The fraction of sp³-hybridized carbons (Fsp3) is 0.182. The Labute approximate surface area is 159 Å². The second-order valence-corrected chi connectivity index (χ2v) is 10.4. The molecular formula is C22H25NOP2. The SMILES string of the molecule is COP(c1ccccc1)N(C(C)C)P(c1ccccc1)c1ccccc1. The van der Waals surface area contributed by atoms with Gasteiger partial charge in [0.2, 0.25) is 0 Å². The van der Waals surface area contributed by atoms with Crippen LogP contribution in [0.1, 0.15) is 13.8 Å². The third-order valence-electron chi connectivity index (χ3n) is 4.00. The van der Waals surface area contributed by atoms with E-state index in [0.29, 0.717) is 6.04 Å².